The molecule has 8 heteroatoms. The van der Waals surface area contributed by atoms with Crippen molar-refractivity contribution in [1.29, 1.82) is 0 Å². The monoisotopic (exact) mass is 342 g/mol. The van der Waals surface area contributed by atoms with Crippen molar-refractivity contribution in [3.8, 4) is 0 Å². The minimum atomic E-state index is -1.09. The van der Waals surface area contributed by atoms with E-state index in [1.54, 1.807) is 0 Å². The van der Waals surface area contributed by atoms with Gasteiger partial charge in [-0.2, -0.15) is 0 Å². The van der Waals surface area contributed by atoms with E-state index in [0.29, 0.717) is 19.0 Å². The Morgan fingerprint density at radius 2 is 1.96 bits per heavy atom. The van der Waals surface area contributed by atoms with Crippen LogP contribution >= 0.6 is 0 Å². The Bertz CT molecular complexity index is 608. The highest BCUT2D eigenvalue weighted by molar-refractivity contribution is 5.94. The molecule has 0 saturated heterocycles. The van der Waals surface area contributed by atoms with Gasteiger partial charge in [0.1, 0.15) is 18.2 Å². The molecule has 0 heterocycles. The third kappa shape index (κ3) is 6.31. The molecule has 1 rings (SSSR count). The van der Waals surface area contributed by atoms with E-state index in [2.05, 4.69) is 5.32 Å². The summed E-state index contributed by atoms with van der Waals surface area (Å²) in [4.78, 5) is 35.6. The van der Waals surface area contributed by atoms with Crippen molar-refractivity contribution >= 4 is 17.8 Å². The number of halogens is 2. The standard InChI is InChI=1S/C16H20F2N2O4/c1-2-8-20(10-15(22)23)14(21)4-3-7-19-16(24)12-6-5-11(17)9-13(12)18/h5-6,9H,2-4,7-8,10H2,1H3,(H,19,24)(H,22,23). The molecule has 0 spiro atoms. The summed E-state index contributed by atoms with van der Waals surface area (Å²) in [6, 6.07) is 2.64. The Labute approximate surface area is 138 Å². The number of nitrogens with zero attached hydrogens (tertiary/aromatic N) is 1. The van der Waals surface area contributed by atoms with Gasteiger partial charge in [-0.15, -0.1) is 0 Å². The molecule has 0 atom stereocenters. The van der Waals surface area contributed by atoms with Crippen molar-refractivity contribution in [3.63, 3.8) is 0 Å². The number of rotatable bonds is 9. The first-order valence-electron chi connectivity index (χ1n) is 7.58. The summed E-state index contributed by atoms with van der Waals surface area (Å²) >= 11 is 0. The number of hydrogen-bond donors (Lipinski definition) is 2. The van der Waals surface area contributed by atoms with Crippen LogP contribution in [0.1, 0.15) is 36.5 Å². The van der Waals surface area contributed by atoms with Crippen LogP contribution in [0.25, 0.3) is 0 Å². The van der Waals surface area contributed by atoms with Crippen LogP contribution < -0.4 is 5.32 Å². The molecule has 0 unspecified atom stereocenters. The number of carboxylic acids is 1. The normalized spacial score (nSPS) is 10.3. The van der Waals surface area contributed by atoms with E-state index in [9.17, 15) is 23.2 Å². The third-order valence-electron chi connectivity index (χ3n) is 3.20. The third-order valence-corrected chi connectivity index (χ3v) is 3.20. The van der Waals surface area contributed by atoms with Crippen molar-refractivity contribution in [2.45, 2.75) is 26.2 Å². The SMILES string of the molecule is CCCN(CC(=O)O)C(=O)CCCNC(=O)c1ccc(F)cc1F. The highest BCUT2D eigenvalue weighted by atomic mass is 19.1. The summed E-state index contributed by atoms with van der Waals surface area (Å²) in [5.41, 5.74) is -0.277. The van der Waals surface area contributed by atoms with Crippen molar-refractivity contribution in [3.05, 3.63) is 35.4 Å². The second-order valence-corrected chi connectivity index (χ2v) is 5.19. The Morgan fingerprint density at radius 3 is 2.54 bits per heavy atom. The molecule has 2 amide bonds. The highest BCUT2D eigenvalue weighted by Crippen LogP contribution is 2.09. The van der Waals surface area contributed by atoms with E-state index in [-0.39, 0.29) is 37.4 Å². The van der Waals surface area contributed by atoms with E-state index in [0.717, 1.165) is 12.1 Å². The van der Waals surface area contributed by atoms with Crippen molar-refractivity contribution in [2.24, 2.45) is 0 Å². The van der Waals surface area contributed by atoms with Gasteiger partial charge in [0.25, 0.3) is 5.91 Å². The van der Waals surface area contributed by atoms with Crippen LogP contribution in [0.4, 0.5) is 8.78 Å². The van der Waals surface area contributed by atoms with Crippen LogP contribution in [-0.2, 0) is 9.59 Å². The van der Waals surface area contributed by atoms with E-state index in [1.165, 1.54) is 4.90 Å². The first kappa shape index (κ1) is 19.5. The van der Waals surface area contributed by atoms with Crippen molar-refractivity contribution < 1.29 is 28.3 Å². The van der Waals surface area contributed by atoms with Crippen LogP contribution in [0.3, 0.4) is 0 Å². The molecule has 6 nitrogen and oxygen atoms in total. The Kier molecular flexibility index (Phi) is 7.81. The fraction of sp³-hybridized carbons (Fsp3) is 0.438. The summed E-state index contributed by atoms with van der Waals surface area (Å²) < 4.78 is 26.2. The number of hydrogen-bond acceptors (Lipinski definition) is 3. The van der Waals surface area contributed by atoms with E-state index in [4.69, 9.17) is 5.11 Å². The van der Waals surface area contributed by atoms with Gasteiger partial charge in [-0.3, -0.25) is 14.4 Å². The Morgan fingerprint density at radius 1 is 1.25 bits per heavy atom. The van der Waals surface area contributed by atoms with Crippen LogP contribution in [0.2, 0.25) is 0 Å². The zero-order valence-electron chi connectivity index (χ0n) is 13.3. The zero-order valence-corrected chi connectivity index (χ0v) is 13.3. The fourth-order valence-electron chi connectivity index (χ4n) is 2.09. The lowest BCUT2D eigenvalue weighted by atomic mass is 10.2. The molecule has 2 N–H and O–H groups in total. The number of nitrogens with one attached hydrogen (secondary N) is 1. The van der Waals surface area contributed by atoms with Crippen LogP contribution in [-0.4, -0.2) is 47.4 Å². The summed E-state index contributed by atoms with van der Waals surface area (Å²) in [6.45, 7) is 1.94. The maximum atomic E-state index is 13.4. The first-order chi connectivity index (χ1) is 11.3. The molecule has 0 radical (unpaired) electrons. The molecule has 1 aromatic rings. The maximum Gasteiger partial charge on any atom is 0.323 e. The first-order valence-corrected chi connectivity index (χ1v) is 7.58. The second kappa shape index (κ2) is 9.59. The van der Waals surface area contributed by atoms with E-state index < -0.39 is 23.5 Å². The molecule has 0 saturated carbocycles. The van der Waals surface area contributed by atoms with Crippen LogP contribution in [0.5, 0.6) is 0 Å². The average molecular weight is 342 g/mol. The summed E-state index contributed by atoms with van der Waals surface area (Å²) in [7, 11) is 0. The summed E-state index contributed by atoms with van der Waals surface area (Å²) in [5, 5.41) is 11.2. The number of carboxylic acid groups (broad SMARTS) is 1. The van der Waals surface area contributed by atoms with Gasteiger partial charge in [0.2, 0.25) is 5.91 Å². The molecular weight excluding hydrogens is 322 g/mol. The smallest absolute Gasteiger partial charge is 0.323 e. The van der Waals surface area contributed by atoms with Crippen molar-refractivity contribution in [2.75, 3.05) is 19.6 Å². The molecule has 0 fully saturated rings. The number of aliphatic carboxylic acids is 1. The van der Waals surface area contributed by atoms with Gasteiger partial charge in [-0.1, -0.05) is 6.92 Å². The lowest BCUT2D eigenvalue weighted by Gasteiger charge is -2.19. The fourth-order valence-corrected chi connectivity index (χ4v) is 2.09. The van der Waals surface area contributed by atoms with Gasteiger partial charge in [-0.25, -0.2) is 8.78 Å². The van der Waals surface area contributed by atoms with Gasteiger partial charge < -0.3 is 15.3 Å². The molecule has 1 aromatic carbocycles. The lowest BCUT2D eigenvalue weighted by molar-refractivity contribution is -0.144. The maximum absolute atomic E-state index is 13.4. The Balaban J connectivity index is 2.42. The lowest BCUT2D eigenvalue weighted by Crippen LogP contribution is -2.36. The van der Waals surface area contributed by atoms with Gasteiger partial charge in [-0.05, 0) is 25.0 Å². The molecule has 0 aliphatic carbocycles. The molecule has 0 aromatic heterocycles. The predicted octanol–water partition coefficient (Wildman–Crippen LogP) is 1.80. The molecule has 0 aliphatic heterocycles. The minimum Gasteiger partial charge on any atom is -0.480 e. The zero-order chi connectivity index (χ0) is 18.1. The molecule has 0 bridgehead atoms. The average Bonchev–Trinajstić information content (AvgIpc) is 2.50. The number of carbonyl (C=O) groups excluding carboxylic acids is 2. The summed E-state index contributed by atoms with van der Waals surface area (Å²) in [6.07, 6.45) is 0.992. The number of amides is 2. The van der Waals surface area contributed by atoms with Gasteiger partial charge >= 0.3 is 5.97 Å². The predicted molar refractivity (Wildman–Crippen MR) is 82.4 cm³/mol. The molecule has 0 aliphatic rings. The second-order valence-electron chi connectivity index (χ2n) is 5.19. The highest BCUT2D eigenvalue weighted by Gasteiger charge is 2.16. The topological polar surface area (TPSA) is 86.7 Å². The largest absolute Gasteiger partial charge is 0.480 e. The molecule has 24 heavy (non-hydrogen) atoms. The minimum absolute atomic E-state index is 0.0689. The van der Waals surface area contributed by atoms with Crippen molar-refractivity contribution in [1.82, 2.24) is 10.2 Å². The summed E-state index contributed by atoms with van der Waals surface area (Å²) in [5.74, 6) is -3.84. The van der Waals surface area contributed by atoms with Gasteiger partial charge in [0.15, 0.2) is 0 Å². The van der Waals surface area contributed by atoms with Crippen LogP contribution in [0, 0.1) is 11.6 Å². The van der Waals surface area contributed by atoms with Gasteiger partial charge in [0.05, 0.1) is 5.56 Å². The van der Waals surface area contributed by atoms with E-state index >= 15 is 0 Å². The quantitative estimate of drug-likeness (QED) is 0.670. The van der Waals surface area contributed by atoms with E-state index in [1.807, 2.05) is 6.92 Å². The number of carbonyl (C=O) groups is 3. The van der Waals surface area contributed by atoms with Crippen LogP contribution in [0.15, 0.2) is 18.2 Å². The molecular formula is C16H20F2N2O4. The Hall–Kier alpha value is -2.51. The molecule has 132 valence electrons. The number of benzene rings is 1. The van der Waals surface area contributed by atoms with Gasteiger partial charge in [0, 0.05) is 25.6 Å².